The Kier molecular flexibility index (Phi) is 9.28. The molecule has 9 nitrogen and oxygen atoms in total. The summed E-state index contributed by atoms with van der Waals surface area (Å²) < 4.78 is 14.8. The van der Waals surface area contributed by atoms with Crippen molar-refractivity contribution in [2.45, 2.75) is 70.4 Å². The summed E-state index contributed by atoms with van der Waals surface area (Å²) in [6, 6.07) is 14.2. The number of fused-ring (bicyclic) bond motifs is 1. The van der Waals surface area contributed by atoms with Gasteiger partial charge in [0.05, 0.1) is 12.6 Å². The van der Waals surface area contributed by atoms with Crippen molar-refractivity contribution >= 4 is 58.0 Å². The van der Waals surface area contributed by atoms with E-state index in [2.05, 4.69) is 31.0 Å². The Bertz CT molecular complexity index is 1640. The summed E-state index contributed by atoms with van der Waals surface area (Å²) in [5.41, 5.74) is 2.10. The highest BCUT2D eigenvalue weighted by atomic mass is 35.5. The lowest BCUT2D eigenvalue weighted by Crippen LogP contribution is -2.49. The summed E-state index contributed by atoms with van der Waals surface area (Å²) in [7, 11) is 0. The van der Waals surface area contributed by atoms with Gasteiger partial charge in [0, 0.05) is 40.8 Å². The molecule has 2 aromatic carbocycles. The molecular formula is C34H38Cl2FN5O4S. The van der Waals surface area contributed by atoms with Crippen LogP contribution in [-0.4, -0.2) is 80.8 Å². The van der Waals surface area contributed by atoms with Gasteiger partial charge in [-0.3, -0.25) is 9.59 Å². The Hall–Kier alpha value is -3.28. The van der Waals surface area contributed by atoms with E-state index in [0.717, 1.165) is 16.8 Å². The Labute approximate surface area is 288 Å². The number of benzene rings is 2. The molecule has 0 aromatic heterocycles. The van der Waals surface area contributed by atoms with Gasteiger partial charge < -0.3 is 25.1 Å². The van der Waals surface area contributed by atoms with Crippen molar-refractivity contribution < 1.29 is 23.9 Å². The summed E-state index contributed by atoms with van der Waals surface area (Å²) in [6.07, 6.45) is -1.47. The predicted molar refractivity (Wildman–Crippen MR) is 182 cm³/mol. The number of nitrogens with one attached hydrogen (secondary N) is 1. The average molecular weight is 703 g/mol. The molecule has 0 saturated carbocycles. The zero-order chi connectivity index (χ0) is 33.8. The number of thioether (sulfide) groups is 1. The Morgan fingerprint density at radius 1 is 1.06 bits per heavy atom. The van der Waals surface area contributed by atoms with Crippen molar-refractivity contribution in [2.75, 3.05) is 19.6 Å². The van der Waals surface area contributed by atoms with Gasteiger partial charge in [-0.1, -0.05) is 61.3 Å². The second-order valence-electron chi connectivity index (χ2n) is 13.2. The number of hydrogen-bond donors (Lipinski definition) is 2. The summed E-state index contributed by atoms with van der Waals surface area (Å²) in [5.74, 6) is -1.23. The first-order valence-corrected chi connectivity index (χ1v) is 17.4. The second kappa shape index (κ2) is 13.0. The molecule has 2 N–H and O–H groups in total. The van der Waals surface area contributed by atoms with Gasteiger partial charge in [0.1, 0.15) is 22.7 Å². The van der Waals surface area contributed by atoms with Crippen LogP contribution in [-0.2, 0) is 15.1 Å². The maximum absolute atomic E-state index is 14.8. The molecule has 250 valence electrons. The minimum Gasteiger partial charge on any atom is -0.465 e. The summed E-state index contributed by atoms with van der Waals surface area (Å²) in [6.45, 7) is 8.03. The van der Waals surface area contributed by atoms with E-state index in [1.54, 1.807) is 4.90 Å². The molecule has 2 saturated heterocycles. The standard InChI is InChI=1S/C34H38Cl2FN5O4S/c1-18(2)27-28(31(44)41-19(3)5-14-26(41)30(43)40-16-21(25(37)17-40)15-38-33(45)46)47-32-39-34(4,22-8-12-24(36)13-9-22)29(42(27)32)20-6-10-23(35)11-7-20/h6-13,18-19,21,25-26,29,38H,5,14-17H2,1-4H3,(H,45,46)/t19-,21?,25?,26-,29-,34+/m1/s1. The summed E-state index contributed by atoms with van der Waals surface area (Å²) >= 11 is 13.9. The van der Waals surface area contributed by atoms with Gasteiger partial charge in [0.2, 0.25) is 5.91 Å². The normalized spacial score (nSPS) is 28.7. The van der Waals surface area contributed by atoms with E-state index in [-0.39, 0.29) is 49.5 Å². The highest BCUT2D eigenvalue weighted by molar-refractivity contribution is 8.18. The summed E-state index contributed by atoms with van der Waals surface area (Å²) in [5, 5.41) is 13.1. The molecule has 4 aliphatic heterocycles. The lowest BCUT2D eigenvalue weighted by molar-refractivity contribution is -0.142. The number of allylic oxidation sites excluding steroid dienone is 1. The van der Waals surface area contributed by atoms with E-state index < -0.39 is 29.8 Å². The molecule has 2 fully saturated rings. The number of aliphatic imine (C=N–C) groups is 1. The van der Waals surface area contributed by atoms with Crippen LogP contribution in [0.3, 0.4) is 0 Å². The molecular weight excluding hydrogens is 664 g/mol. The number of amides is 3. The highest BCUT2D eigenvalue weighted by Crippen LogP contribution is 2.56. The molecule has 2 unspecified atom stereocenters. The second-order valence-corrected chi connectivity index (χ2v) is 15.1. The number of amidine groups is 1. The van der Waals surface area contributed by atoms with E-state index >= 15 is 0 Å². The predicted octanol–water partition coefficient (Wildman–Crippen LogP) is 6.68. The molecule has 4 heterocycles. The molecule has 0 radical (unpaired) electrons. The third-order valence-corrected chi connectivity index (χ3v) is 11.3. The van der Waals surface area contributed by atoms with Crippen LogP contribution in [0, 0.1) is 11.8 Å². The average Bonchev–Trinajstić information content (AvgIpc) is 3.76. The van der Waals surface area contributed by atoms with Gasteiger partial charge >= 0.3 is 6.09 Å². The summed E-state index contributed by atoms with van der Waals surface area (Å²) in [4.78, 5) is 50.5. The quantitative estimate of drug-likeness (QED) is 0.334. The highest BCUT2D eigenvalue weighted by Gasteiger charge is 2.54. The number of carbonyl (C=O) groups is 3. The van der Waals surface area contributed by atoms with E-state index in [4.69, 9.17) is 33.3 Å². The number of likely N-dealkylation sites (tertiary alicyclic amines) is 2. The first kappa shape index (κ1) is 33.6. The van der Waals surface area contributed by atoms with Crippen LogP contribution < -0.4 is 5.32 Å². The molecule has 47 heavy (non-hydrogen) atoms. The molecule has 2 aromatic rings. The number of carbonyl (C=O) groups excluding carboxylic acids is 2. The van der Waals surface area contributed by atoms with Crippen molar-refractivity contribution in [1.29, 1.82) is 0 Å². The van der Waals surface area contributed by atoms with E-state index in [1.807, 2.05) is 55.5 Å². The number of alkyl halides is 1. The largest absolute Gasteiger partial charge is 0.465 e. The first-order chi connectivity index (χ1) is 22.3. The lowest BCUT2D eigenvalue weighted by Gasteiger charge is -2.37. The van der Waals surface area contributed by atoms with Crippen molar-refractivity contribution in [2.24, 2.45) is 16.8 Å². The first-order valence-electron chi connectivity index (χ1n) is 15.8. The van der Waals surface area contributed by atoms with Crippen LogP contribution in [0.15, 0.2) is 64.1 Å². The number of nitrogens with zero attached hydrogens (tertiary/aromatic N) is 4. The number of carboxylic acid groups (broad SMARTS) is 1. The molecule has 0 bridgehead atoms. The number of rotatable bonds is 7. The molecule has 4 aliphatic rings. The van der Waals surface area contributed by atoms with Crippen molar-refractivity contribution in [3.8, 4) is 0 Å². The van der Waals surface area contributed by atoms with E-state index in [0.29, 0.717) is 33.0 Å². The van der Waals surface area contributed by atoms with Crippen LogP contribution in [0.2, 0.25) is 10.0 Å². The van der Waals surface area contributed by atoms with Gasteiger partial charge in [-0.2, -0.15) is 0 Å². The maximum atomic E-state index is 14.8. The molecule has 3 amide bonds. The fraction of sp³-hybridized carbons (Fsp3) is 0.471. The molecule has 0 spiro atoms. The molecule has 13 heteroatoms. The van der Waals surface area contributed by atoms with Crippen molar-refractivity contribution in [1.82, 2.24) is 20.0 Å². The van der Waals surface area contributed by atoms with Gasteiger partial charge in [-0.15, -0.1) is 0 Å². The Morgan fingerprint density at radius 3 is 2.32 bits per heavy atom. The topological polar surface area (TPSA) is 106 Å². The van der Waals surface area contributed by atoms with Gasteiger partial charge in [0.25, 0.3) is 5.91 Å². The van der Waals surface area contributed by atoms with Crippen LogP contribution in [0.5, 0.6) is 0 Å². The van der Waals surface area contributed by atoms with E-state index in [1.165, 1.54) is 16.7 Å². The molecule has 6 atom stereocenters. The SMILES string of the molecule is CC(C)C1=C(C(=O)N2[C@H](C)CC[C@@H]2C(=O)N2CC(F)C(CNC(=O)O)C2)SC2=N[C@@](C)(c3ccc(Cl)cc3)[C@@H](c3ccc(Cl)cc3)N21. The van der Waals surface area contributed by atoms with Crippen molar-refractivity contribution in [3.05, 3.63) is 80.3 Å². The van der Waals surface area contributed by atoms with Crippen LogP contribution in [0.4, 0.5) is 9.18 Å². The van der Waals surface area contributed by atoms with Crippen molar-refractivity contribution in [3.63, 3.8) is 0 Å². The Balaban J connectivity index is 1.33. The van der Waals surface area contributed by atoms with Crippen LogP contribution >= 0.6 is 35.0 Å². The number of halogens is 3. The third kappa shape index (κ3) is 6.10. The maximum Gasteiger partial charge on any atom is 0.404 e. The smallest absolute Gasteiger partial charge is 0.404 e. The van der Waals surface area contributed by atoms with Gasteiger partial charge in [0.15, 0.2) is 5.17 Å². The van der Waals surface area contributed by atoms with Gasteiger partial charge in [-0.05, 0) is 79.8 Å². The minimum absolute atomic E-state index is 0.0584. The molecule has 6 rings (SSSR count). The lowest BCUT2D eigenvalue weighted by atomic mass is 9.81. The third-order valence-electron chi connectivity index (χ3n) is 9.74. The van der Waals surface area contributed by atoms with Crippen LogP contribution in [0.25, 0.3) is 0 Å². The van der Waals surface area contributed by atoms with Gasteiger partial charge in [-0.25, -0.2) is 14.2 Å². The zero-order valence-corrected chi connectivity index (χ0v) is 28.9. The van der Waals surface area contributed by atoms with E-state index in [9.17, 15) is 18.8 Å². The number of hydrogen-bond acceptors (Lipinski definition) is 6. The fourth-order valence-electron chi connectivity index (χ4n) is 7.38. The zero-order valence-electron chi connectivity index (χ0n) is 26.6. The van der Waals surface area contributed by atoms with Crippen LogP contribution in [0.1, 0.15) is 57.7 Å². The Morgan fingerprint density at radius 2 is 1.70 bits per heavy atom. The monoisotopic (exact) mass is 701 g/mol. The minimum atomic E-state index is -1.35. The fourth-order valence-corrected chi connectivity index (χ4v) is 8.99. The molecule has 0 aliphatic carbocycles.